The molecule has 0 aliphatic carbocycles. The number of halogens is 1. The fourth-order valence-corrected chi connectivity index (χ4v) is 3.09. The lowest BCUT2D eigenvalue weighted by atomic mass is 9.88. The van der Waals surface area contributed by atoms with Crippen molar-refractivity contribution in [1.29, 1.82) is 0 Å². The van der Waals surface area contributed by atoms with Gasteiger partial charge in [0, 0.05) is 17.7 Å². The van der Waals surface area contributed by atoms with E-state index >= 15 is 4.39 Å². The monoisotopic (exact) mass is 361 g/mol. The molecule has 7 heteroatoms. The predicted molar refractivity (Wildman–Crippen MR) is 95.8 cm³/mol. The summed E-state index contributed by atoms with van der Waals surface area (Å²) in [6.45, 7) is 4.85. The SMILES string of the molecule is [2H]c1c(NC(=O)c2ccccc2)nc(=O)n([C@@H]2O[C@H](CC)C(C)[C@]2(C)F)c1[2H]. The van der Waals surface area contributed by atoms with Crippen LogP contribution in [0.5, 0.6) is 0 Å². The summed E-state index contributed by atoms with van der Waals surface area (Å²) in [6.07, 6.45) is -1.80. The first kappa shape index (κ1) is 15.7. The maximum absolute atomic E-state index is 15.3. The molecule has 1 aliphatic rings. The van der Waals surface area contributed by atoms with Crippen molar-refractivity contribution in [2.75, 3.05) is 5.32 Å². The fourth-order valence-electron chi connectivity index (χ4n) is 3.09. The molecule has 2 aromatic rings. The summed E-state index contributed by atoms with van der Waals surface area (Å²) in [5.74, 6) is -1.41. The first-order chi connectivity index (χ1) is 13.2. The number of hydrogen-bond donors (Lipinski definition) is 1. The molecule has 1 aromatic carbocycles. The number of carbonyl (C=O) groups is 1. The molecule has 0 radical (unpaired) electrons. The molecule has 1 fully saturated rings. The minimum Gasteiger partial charge on any atom is -0.351 e. The first-order valence-electron chi connectivity index (χ1n) is 9.49. The zero-order chi connectivity index (χ0) is 20.6. The van der Waals surface area contributed by atoms with Crippen LogP contribution in [0.2, 0.25) is 0 Å². The van der Waals surface area contributed by atoms with Gasteiger partial charge in [-0.1, -0.05) is 32.0 Å². The van der Waals surface area contributed by atoms with Crippen LogP contribution in [0.3, 0.4) is 0 Å². The van der Waals surface area contributed by atoms with Crippen LogP contribution < -0.4 is 11.0 Å². The van der Waals surface area contributed by atoms with Gasteiger partial charge in [0.15, 0.2) is 11.9 Å². The average Bonchev–Trinajstić information content (AvgIpc) is 2.90. The summed E-state index contributed by atoms with van der Waals surface area (Å²) in [6, 6.07) is 7.72. The number of rotatable bonds is 4. The number of amides is 1. The van der Waals surface area contributed by atoms with Crippen LogP contribution in [0, 0.1) is 5.92 Å². The van der Waals surface area contributed by atoms with Crippen LogP contribution in [-0.2, 0) is 4.74 Å². The summed E-state index contributed by atoms with van der Waals surface area (Å²) in [5.41, 5.74) is -2.56. The van der Waals surface area contributed by atoms with E-state index in [1.165, 1.54) is 6.92 Å². The van der Waals surface area contributed by atoms with Crippen molar-refractivity contribution >= 4 is 11.7 Å². The quantitative estimate of drug-likeness (QED) is 0.908. The number of hydrogen-bond acceptors (Lipinski definition) is 4. The molecule has 26 heavy (non-hydrogen) atoms. The summed E-state index contributed by atoms with van der Waals surface area (Å²) in [4.78, 5) is 28.5. The average molecular weight is 361 g/mol. The largest absolute Gasteiger partial charge is 0.351 e. The smallest absolute Gasteiger partial charge is 0.351 e. The third kappa shape index (κ3) is 3.26. The van der Waals surface area contributed by atoms with Gasteiger partial charge in [0.05, 0.1) is 8.85 Å². The number of nitrogens with one attached hydrogen (secondary N) is 1. The van der Waals surface area contributed by atoms with Gasteiger partial charge in [0.25, 0.3) is 5.91 Å². The van der Waals surface area contributed by atoms with E-state index in [1.807, 2.05) is 6.92 Å². The summed E-state index contributed by atoms with van der Waals surface area (Å²) < 4.78 is 38.0. The van der Waals surface area contributed by atoms with Gasteiger partial charge in [0.2, 0.25) is 0 Å². The van der Waals surface area contributed by atoms with E-state index in [9.17, 15) is 9.59 Å². The predicted octanol–water partition coefficient (Wildman–Crippen LogP) is 3.17. The highest BCUT2D eigenvalue weighted by Crippen LogP contribution is 2.45. The highest BCUT2D eigenvalue weighted by molar-refractivity contribution is 6.03. The Balaban J connectivity index is 1.98. The van der Waals surface area contributed by atoms with E-state index in [-0.39, 0.29) is 5.82 Å². The van der Waals surface area contributed by atoms with E-state index in [0.29, 0.717) is 12.0 Å². The van der Waals surface area contributed by atoms with Crippen LogP contribution in [-0.4, -0.2) is 27.2 Å². The number of ether oxygens (including phenoxy) is 1. The van der Waals surface area contributed by atoms with E-state index in [0.717, 1.165) is 4.57 Å². The first-order valence-corrected chi connectivity index (χ1v) is 8.49. The Labute approximate surface area is 153 Å². The second-order valence-corrected chi connectivity index (χ2v) is 6.54. The highest BCUT2D eigenvalue weighted by Gasteiger charge is 2.52. The lowest BCUT2D eigenvalue weighted by Gasteiger charge is -2.25. The number of anilines is 1. The molecule has 1 saturated heterocycles. The maximum Gasteiger partial charge on any atom is 0.351 e. The molecular weight excluding hydrogens is 337 g/mol. The van der Waals surface area contributed by atoms with E-state index in [2.05, 4.69) is 10.3 Å². The molecule has 138 valence electrons. The fraction of sp³-hybridized carbons (Fsp3) is 0.421. The van der Waals surface area contributed by atoms with Crippen molar-refractivity contribution in [1.82, 2.24) is 9.55 Å². The van der Waals surface area contributed by atoms with Crippen molar-refractivity contribution < 1.29 is 16.7 Å². The van der Waals surface area contributed by atoms with Gasteiger partial charge >= 0.3 is 5.69 Å². The molecule has 1 N–H and O–H groups in total. The Kier molecular flexibility index (Phi) is 4.22. The standard InChI is InChI=1S/C19H22FN3O3/c1-4-14-12(2)19(3,20)17(26-14)23-11-10-15(22-18(23)25)21-16(24)13-8-6-5-7-9-13/h5-12,14,17H,4H2,1-3H3,(H,21,22,24,25)/t12?,14-,17-,19+/m1/s1/i10D,11D. The second-order valence-electron chi connectivity index (χ2n) is 6.54. The molecule has 1 amide bonds. The third-order valence-corrected chi connectivity index (χ3v) is 4.85. The number of carbonyl (C=O) groups excluding carboxylic acids is 1. The Morgan fingerprint density at radius 2 is 2.15 bits per heavy atom. The molecule has 0 spiro atoms. The summed E-state index contributed by atoms with van der Waals surface area (Å²) in [7, 11) is 0. The Hall–Kier alpha value is -2.54. The zero-order valence-corrected chi connectivity index (χ0v) is 14.8. The Bertz CT molecular complexity index is 949. The number of benzene rings is 1. The van der Waals surface area contributed by atoms with Crippen molar-refractivity contribution in [3.05, 3.63) is 58.6 Å². The summed E-state index contributed by atoms with van der Waals surface area (Å²) in [5, 5.41) is 2.37. The topological polar surface area (TPSA) is 73.2 Å². The molecule has 0 bridgehead atoms. The molecule has 4 atom stereocenters. The zero-order valence-electron chi connectivity index (χ0n) is 16.8. The Morgan fingerprint density at radius 3 is 2.77 bits per heavy atom. The number of alkyl halides is 1. The van der Waals surface area contributed by atoms with Crippen LogP contribution in [0.15, 0.2) is 47.3 Å². The van der Waals surface area contributed by atoms with Crippen LogP contribution in [0.4, 0.5) is 10.2 Å². The van der Waals surface area contributed by atoms with Gasteiger partial charge in [-0.3, -0.25) is 9.36 Å². The van der Waals surface area contributed by atoms with Crippen LogP contribution >= 0.6 is 0 Å². The number of aromatic nitrogens is 2. The van der Waals surface area contributed by atoms with Crippen molar-refractivity contribution in [2.45, 2.75) is 45.2 Å². The normalized spacial score (nSPS) is 29.2. The van der Waals surface area contributed by atoms with Gasteiger partial charge in [-0.2, -0.15) is 4.98 Å². The van der Waals surface area contributed by atoms with Crippen molar-refractivity contribution in [3.63, 3.8) is 0 Å². The maximum atomic E-state index is 15.3. The molecule has 6 nitrogen and oxygen atoms in total. The van der Waals surface area contributed by atoms with Gasteiger partial charge in [-0.25, -0.2) is 9.18 Å². The Morgan fingerprint density at radius 1 is 1.46 bits per heavy atom. The number of nitrogens with zero attached hydrogens (tertiary/aromatic N) is 2. The van der Waals surface area contributed by atoms with E-state index in [4.69, 9.17) is 7.48 Å². The molecule has 3 rings (SSSR count). The lowest BCUT2D eigenvalue weighted by molar-refractivity contribution is -0.0500. The van der Waals surface area contributed by atoms with E-state index < -0.39 is 47.7 Å². The van der Waals surface area contributed by atoms with Crippen LogP contribution in [0.1, 0.15) is 46.5 Å². The van der Waals surface area contributed by atoms with Crippen molar-refractivity contribution in [2.24, 2.45) is 5.92 Å². The highest BCUT2D eigenvalue weighted by atomic mass is 19.1. The third-order valence-electron chi connectivity index (χ3n) is 4.85. The second kappa shape index (κ2) is 6.99. The lowest BCUT2D eigenvalue weighted by Crippen LogP contribution is -2.38. The molecule has 0 saturated carbocycles. The van der Waals surface area contributed by atoms with Gasteiger partial charge < -0.3 is 10.1 Å². The molecular formula is C19H22FN3O3. The van der Waals surface area contributed by atoms with Crippen LogP contribution in [0.25, 0.3) is 0 Å². The van der Waals surface area contributed by atoms with Gasteiger partial charge in [0.1, 0.15) is 5.82 Å². The van der Waals surface area contributed by atoms with Crippen molar-refractivity contribution in [3.8, 4) is 0 Å². The van der Waals surface area contributed by atoms with Gasteiger partial charge in [-0.15, -0.1) is 0 Å². The molecule has 1 aromatic heterocycles. The molecule has 1 aliphatic heterocycles. The minimum atomic E-state index is -1.91. The van der Waals surface area contributed by atoms with Gasteiger partial charge in [-0.05, 0) is 31.5 Å². The van der Waals surface area contributed by atoms with E-state index in [1.54, 1.807) is 37.3 Å². The molecule has 1 unspecified atom stereocenters. The minimum absolute atomic E-state index is 0.314. The molecule has 2 heterocycles. The summed E-state index contributed by atoms with van der Waals surface area (Å²) >= 11 is 0.